The Morgan fingerprint density at radius 2 is 1.62 bits per heavy atom. The Labute approximate surface area is 355 Å². The number of amides is 4. The minimum absolute atomic E-state index is 0.0468. The van der Waals surface area contributed by atoms with E-state index in [1.54, 1.807) is 24.3 Å². The molecule has 3 heterocycles. The third-order valence-electron chi connectivity index (χ3n) is 11.1. The van der Waals surface area contributed by atoms with Crippen LogP contribution in [0.4, 0.5) is 44.7 Å². The number of imide groups is 1. The summed E-state index contributed by atoms with van der Waals surface area (Å²) in [6.07, 6.45) is -4.27. The molecule has 61 heavy (non-hydrogen) atoms. The predicted octanol–water partition coefficient (Wildman–Crippen LogP) is 6.16. The van der Waals surface area contributed by atoms with Gasteiger partial charge in [-0.2, -0.15) is 18.4 Å². The van der Waals surface area contributed by atoms with Crippen molar-refractivity contribution in [3.05, 3.63) is 77.4 Å². The number of piperazine rings is 1. The molecule has 3 saturated heterocycles. The molecule has 3 aromatic carbocycles. The first kappa shape index (κ1) is 45.1. The quantitative estimate of drug-likeness (QED) is 0.0947. The van der Waals surface area contributed by atoms with E-state index in [2.05, 4.69) is 38.4 Å². The summed E-state index contributed by atoms with van der Waals surface area (Å²) in [5.74, 6) is -5.04. The molecule has 3 aromatic rings. The second-order valence-electron chi connectivity index (χ2n) is 16.1. The molecular formula is C42H47F5N8O5S. The van der Waals surface area contributed by atoms with E-state index in [0.717, 1.165) is 11.0 Å². The molecule has 3 fully saturated rings. The van der Waals surface area contributed by atoms with Crippen molar-refractivity contribution in [2.75, 3.05) is 53.2 Å². The Morgan fingerprint density at radius 3 is 2.26 bits per heavy atom. The van der Waals surface area contributed by atoms with Crippen molar-refractivity contribution in [1.29, 1.82) is 5.26 Å². The van der Waals surface area contributed by atoms with Crippen LogP contribution in [0.2, 0.25) is 0 Å². The maximum absolute atomic E-state index is 15.2. The van der Waals surface area contributed by atoms with Crippen molar-refractivity contribution in [1.82, 2.24) is 15.1 Å². The second-order valence-corrected chi connectivity index (χ2v) is 16.6. The third kappa shape index (κ3) is 9.87. The summed E-state index contributed by atoms with van der Waals surface area (Å²) < 4.78 is 77.8. The van der Waals surface area contributed by atoms with Crippen molar-refractivity contribution < 1.29 is 45.9 Å². The fraction of sp³-hybridized carbons (Fsp3) is 0.452. The van der Waals surface area contributed by atoms with E-state index in [1.165, 1.54) is 49.1 Å². The van der Waals surface area contributed by atoms with E-state index in [4.69, 9.17) is 4.74 Å². The summed E-state index contributed by atoms with van der Waals surface area (Å²) >= 11 is 4.58. The van der Waals surface area contributed by atoms with E-state index in [-0.39, 0.29) is 60.6 Å². The van der Waals surface area contributed by atoms with Gasteiger partial charge in [-0.25, -0.2) is 8.78 Å². The first-order chi connectivity index (χ1) is 28.6. The van der Waals surface area contributed by atoms with E-state index in [0.29, 0.717) is 50.4 Å². The molecule has 3 aliphatic heterocycles. The van der Waals surface area contributed by atoms with E-state index >= 15 is 8.78 Å². The highest BCUT2D eigenvalue weighted by Gasteiger charge is 2.52. The Hall–Kier alpha value is -5.45. The van der Waals surface area contributed by atoms with Crippen LogP contribution in [0.3, 0.4) is 0 Å². The monoisotopic (exact) mass is 870 g/mol. The number of nitriles is 1. The lowest BCUT2D eigenvalue weighted by atomic mass is 10.0. The number of nitrogens with zero attached hydrogens (tertiary/aromatic N) is 5. The van der Waals surface area contributed by atoms with Gasteiger partial charge < -0.3 is 20.3 Å². The highest BCUT2D eigenvalue weighted by Crippen LogP contribution is 2.45. The molecule has 0 bridgehead atoms. The van der Waals surface area contributed by atoms with E-state index in [9.17, 15) is 37.6 Å². The molecule has 19 heteroatoms. The number of piperidine rings is 1. The number of alkyl halides is 5. The van der Waals surface area contributed by atoms with Gasteiger partial charge in [0.25, 0.3) is 11.8 Å². The van der Waals surface area contributed by atoms with Gasteiger partial charge in [0, 0.05) is 67.8 Å². The molecular weight excluding hydrogens is 824 g/mol. The fourth-order valence-corrected chi connectivity index (χ4v) is 8.76. The van der Waals surface area contributed by atoms with Crippen LogP contribution in [0.15, 0.2) is 60.7 Å². The van der Waals surface area contributed by atoms with Gasteiger partial charge in [-0.3, -0.25) is 39.2 Å². The molecule has 2 unspecified atom stereocenters. The summed E-state index contributed by atoms with van der Waals surface area (Å²) in [6, 6.07) is 14.8. The van der Waals surface area contributed by atoms with Gasteiger partial charge >= 0.3 is 6.18 Å². The van der Waals surface area contributed by atoms with E-state index < -0.39 is 57.7 Å². The number of benzene rings is 3. The summed E-state index contributed by atoms with van der Waals surface area (Å²) in [5.41, 5.74) is -3.76. The average molecular weight is 871 g/mol. The number of rotatable bonds is 12. The lowest BCUT2D eigenvalue weighted by Crippen LogP contribution is -2.58. The Morgan fingerprint density at radius 1 is 0.967 bits per heavy atom. The number of nitrogens with one attached hydrogen (secondary N) is 3. The van der Waals surface area contributed by atoms with E-state index in [1.807, 2.05) is 13.8 Å². The molecule has 4 amide bonds. The van der Waals surface area contributed by atoms with Crippen molar-refractivity contribution >= 4 is 59.0 Å². The molecule has 0 spiro atoms. The zero-order valence-corrected chi connectivity index (χ0v) is 35.0. The van der Waals surface area contributed by atoms with Crippen molar-refractivity contribution in [2.24, 2.45) is 0 Å². The standard InChI is InChI=1S/C42H47F5N8O5S/c1-24-21-52(22-25(2)53(24)23-36(57)50-28-8-6-7-27(17-28)49-33-12-14-35(56)51-37(33)58)15-16-60-34-13-11-30(19-32(34)41(5,43)44)55-39(61)54(38(59)40(55,3)4)29-10-9-26(20-48)31(18-29)42(45,46)47/h6-11,13,17-19,24-25,33,39,49,61H,12,14-16,21-23H2,1-5H3,(H,50,57)(H,51,56,58)/t24-,25+,33?,39?. The van der Waals surface area contributed by atoms with Gasteiger partial charge in [-0.05, 0) is 88.7 Å². The maximum atomic E-state index is 15.2. The number of halogens is 5. The largest absolute Gasteiger partial charge is 0.492 e. The summed E-state index contributed by atoms with van der Waals surface area (Å²) in [6.45, 7) is 9.44. The molecule has 4 atom stereocenters. The molecule has 0 aromatic heterocycles. The highest BCUT2D eigenvalue weighted by atomic mass is 32.1. The van der Waals surface area contributed by atoms with Crippen molar-refractivity contribution in [2.45, 2.75) is 88.7 Å². The average Bonchev–Trinajstić information content (AvgIpc) is 3.35. The molecule has 0 saturated carbocycles. The fourth-order valence-electron chi connectivity index (χ4n) is 8.09. The van der Waals surface area contributed by atoms with Crippen LogP contribution in [-0.2, 0) is 31.3 Å². The summed E-state index contributed by atoms with van der Waals surface area (Å²) in [5, 5.41) is 17.6. The highest BCUT2D eigenvalue weighted by molar-refractivity contribution is 7.81. The number of hydrogen-bond donors (Lipinski definition) is 4. The smallest absolute Gasteiger partial charge is 0.417 e. The predicted molar refractivity (Wildman–Crippen MR) is 221 cm³/mol. The lowest BCUT2D eigenvalue weighted by molar-refractivity contribution is -0.138. The molecule has 0 aliphatic carbocycles. The minimum atomic E-state index is -4.87. The summed E-state index contributed by atoms with van der Waals surface area (Å²) in [4.78, 5) is 57.2. The zero-order valence-electron chi connectivity index (χ0n) is 34.1. The Balaban J connectivity index is 1.07. The number of carbonyl (C=O) groups is 4. The van der Waals surface area contributed by atoms with Crippen LogP contribution in [0.25, 0.3) is 0 Å². The lowest BCUT2D eigenvalue weighted by Gasteiger charge is -2.44. The number of carbonyl (C=O) groups excluding carboxylic acids is 4. The topological polar surface area (TPSA) is 150 Å². The van der Waals surface area contributed by atoms with Crippen molar-refractivity contribution in [3.63, 3.8) is 0 Å². The molecule has 3 aliphatic rings. The zero-order chi connectivity index (χ0) is 44.6. The Bertz CT molecular complexity index is 2220. The van der Waals surface area contributed by atoms with Crippen LogP contribution in [0, 0.1) is 11.3 Å². The van der Waals surface area contributed by atoms with Crippen LogP contribution in [0.1, 0.15) is 64.2 Å². The SMILES string of the molecule is C[C@@H]1CN(CCOc2ccc(N3C(S)N(c4ccc(C#N)c(C(F)(F)F)c4)C(=O)C3(C)C)cc2C(C)(F)F)C[C@H](C)N1CC(=O)Nc1cccc(NC2CCC(=O)NC2=O)c1. The van der Waals surface area contributed by atoms with Crippen molar-refractivity contribution in [3.8, 4) is 11.8 Å². The summed E-state index contributed by atoms with van der Waals surface area (Å²) in [7, 11) is 0. The van der Waals surface area contributed by atoms with Gasteiger partial charge in [0.05, 0.1) is 29.3 Å². The van der Waals surface area contributed by atoms with Gasteiger partial charge in [-0.1, -0.05) is 6.07 Å². The first-order valence-corrected chi connectivity index (χ1v) is 20.2. The van der Waals surface area contributed by atoms with Gasteiger partial charge in [-0.15, -0.1) is 12.6 Å². The number of hydrogen-bond acceptors (Lipinski definition) is 11. The second kappa shape index (κ2) is 17.5. The van der Waals surface area contributed by atoms with Crippen LogP contribution >= 0.6 is 12.6 Å². The molecule has 13 nitrogen and oxygen atoms in total. The number of thiol groups is 1. The van der Waals surface area contributed by atoms with Gasteiger partial charge in [0.1, 0.15) is 23.9 Å². The minimum Gasteiger partial charge on any atom is -0.492 e. The van der Waals surface area contributed by atoms with Gasteiger partial charge in [0.15, 0.2) is 5.50 Å². The maximum Gasteiger partial charge on any atom is 0.417 e. The molecule has 0 radical (unpaired) electrons. The van der Waals surface area contributed by atoms with Crippen LogP contribution in [-0.4, -0.2) is 95.4 Å². The normalized spacial score (nSPS) is 22.5. The van der Waals surface area contributed by atoms with Gasteiger partial charge in [0.2, 0.25) is 17.7 Å². The van der Waals surface area contributed by atoms with Crippen LogP contribution in [0.5, 0.6) is 5.75 Å². The molecule has 3 N–H and O–H groups in total. The number of ether oxygens (including phenoxy) is 1. The first-order valence-electron chi connectivity index (χ1n) is 19.6. The number of anilines is 4. The Kier molecular flexibility index (Phi) is 12.9. The molecule has 6 rings (SSSR count). The van der Waals surface area contributed by atoms with Crippen LogP contribution < -0.4 is 30.5 Å². The third-order valence-corrected chi connectivity index (χ3v) is 11.6. The molecule has 326 valence electrons.